The van der Waals surface area contributed by atoms with Crippen LogP contribution in [0.15, 0.2) is 23.0 Å². The first-order valence-electron chi connectivity index (χ1n) is 4.94. The number of hydrogen-bond acceptors (Lipinski definition) is 2. The molecule has 1 heterocycles. The van der Waals surface area contributed by atoms with E-state index in [0.29, 0.717) is 19.4 Å². The SMILES string of the molecule is NCCCCn1c(C(F)(F)F)cccc1=O. The molecule has 0 aliphatic carbocycles. The zero-order valence-corrected chi connectivity index (χ0v) is 8.63. The van der Waals surface area contributed by atoms with Gasteiger partial charge >= 0.3 is 6.18 Å². The second kappa shape index (κ2) is 5.16. The molecule has 0 atom stereocenters. The number of unbranched alkanes of at least 4 members (excludes halogenated alkanes) is 1. The van der Waals surface area contributed by atoms with Crippen LogP contribution in [0.25, 0.3) is 0 Å². The summed E-state index contributed by atoms with van der Waals surface area (Å²) in [5, 5.41) is 0. The van der Waals surface area contributed by atoms with Gasteiger partial charge in [-0.05, 0) is 25.5 Å². The van der Waals surface area contributed by atoms with Gasteiger partial charge in [0.1, 0.15) is 5.69 Å². The smallest absolute Gasteiger partial charge is 0.330 e. The summed E-state index contributed by atoms with van der Waals surface area (Å²) in [6.07, 6.45) is -3.44. The standard InChI is InChI=1S/C10H13F3N2O/c11-10(12,13)8-4-3-5-9(16)15(8)7-2-1-6-14/h3-5H,1-2,6-7,14H2. The minimum Gasteiger partial charge on any atom is -0.330 e. The molecule has 0 fully saturated rings. The first kappa shape index (κ1) is 12.8. The number of nitrogens with two attached hydrogens (primary N) is 1. The highest BCUT2D eigenvalue weighted by atomic mass is 19.4. The van der Waals surface area contributed by atoms with Gasteiger partial charge in [-0.2, -0.15) is 13.2 Å². The zero-order chi connectivity index (χ0) is 12.2. The molecule has 1 rings (SSSR count). The highest BCUT2D eigenvalue weighted by Crippen LogP contribution is 2.28. The van der Waals surface area contributed by atoms with Crippen LogP contribution >= 0.6 is 0 Å². The molecular formula is C10H13F3N2O. The van der Waals surface area contributed by atoms with E-state index in [2.05, 4.69) is 0 Å². The maximum atomic E-state index is 12.6. The van der Waals surface area contributed by atoms with E-state index in [-0.39, 0.29) is 6.54 Å². The molecule has 0 radical (unpaired) electrons. The fraction of sp³-hybridized carbons (Fsp3) is 0.500. The Bertz CT molecular complexity index is 398. The van der Waals surface area contributed by atoms with Crippen molar-refractivity contribution in [2.45, 2.75) is 25.6 Å². The van der Waals surface area contributed by atoms with Gasteiger partial charge in [-0.15, -0.1) is 0 Å². The molecule has 0 saturated carbocycles. The van der Waals surface area contributed by atoms with Crippen LogP contribution in [0.1, 0.15) is 18.5 Å². The van der Waals surface area contributed by atoms with Gasteiger partial charge in [0.2, 0.25) is 0 Å². The van der Waals surface area contributed by atoms with Crippen molar-refractivity contribution in [2.75, 3.05) is 6.54 Å². The van der Waals surface area contributed by atoms with E-state index in [4.69, 9.17) is 5.73 Å². The Morgan fingerprint density at radius 1 is 1.25 bits per heavy atom. The number of hydrogen-bond donors (Lipinski definition) is 1. The summed E-state index contributed by atoms with van der Waals surface area (Å²) in [6, 6.07) is 3.14. The van der Waals surface area contributed by atoms with Crippen LogP contribution in [0.2, 0.25) is 0 Å². The second-order valence-electron chi connectivity index (χ2n) is 3.39. The predicted molar refractivity (Wildman–Crippen MR) is 54.0 cm³/mol. The third-order valence-electron chi connectivity index (χ3n) is 2.18. The minimum absolute atomic E-state index is 0.0473. The van der Waals surface area contributed by atoms with Crippen molar-refractivity contribution in [3.63, 3.8) is 0 Å². The van der Waals surface area contributed by atoms with Gasteiger partial charge in [-0.3, -0.25) is 4.79 Å². The fourth-order valence-corrected chi connectivity index (χ4v) is 1.41. The molecule has 90 valence electrons. The number of pyridine rings is 1. The highest BCUT2D eigenvalue weighted by molar-refractivity contribution is 5.10. The molecule has 0 aromatic carbocycles. The van der Waals surface area contributed by atoms with E-state index in [1.807, 2.05) is 0 Å². The summed E-state index contributed by atoms with van der Waals surface area (Å²) >= 11 is 0. The molecule has 3 nitrogen and oxygen atoms in total. The van der Waals surface area contributed by atoms with Crippen LogP contribution in [0.3, 0.4) is 0 Å². The van der Waals surface area contributed by atoms with Crippen molar-refractivity contribution in [3.05, 3.63) is 34.2 Å². The van der Waals surface area contributed by atoms with Gasteiger partial charge in [0, 0.05) is 12.6 Å². The predicted octanol–water partition coefficient (Wildman–Crippen LogP) is 1.61. The quantitative estimate of drug-likeness (QED) is 0.804. The molecule has 0 unspecified atom stereocenters. The maximum absolute atomic E-state index is 12.6. The third-order valence-corrected chi connectivity index (χ3v) is 2.18. The lowest BCUT2D eigenvalue weighted by Crippen LogP contribution is -2.27. The van der Waals surface area contributed by atoms with Crippen molar-refractivity contribution in [2.24, 2.45) is 5.73 Å². The lowest BCUT2D eigenvalue weighted by atomic mass is 10.2. The number of rotatable bonds is 4. The molecule has 1 aromatic rings. The lowest BCUT2D eigenvalue weighted by molar-refractivity contribution is -0.144. The number of aromatic nitrogens is 1. The van der Waals surface area contributed by atoms with E-state index >= 15 is 0 Å². The van der Waals surface area contributed by atoms with E-state index in [1.165, 1.54) is 0 Å². The average molecular weight is 234 g/mol. The summed E-state index contributed by atoms with van der Waals surface area (Å²) in [5.41, 5.74) is 3.71. The molecule has 0 saturated heterocycles. The Morgan fingerprint density at radius 2 is 1.94 bits per heavy atom. The third kappa shape index (κ3) is 3.10. The van der Waals surface area contributed by atoms with Gasteiger partial charge in [0.15, 0.2) is 0 Å². The van der Waals surface area contributed by atoms with E-state index in [9.17, 15) is 18.0 Å². The Kier molecular flexibility index (Phi) is 4.12. The van der Waals surface area contributed by atoms with Crippen molar-refractivity contribution in [3.8, 4) is 0 Å². The Morgan fingerprint density at radius 3 is 2.50 bits per heavy atom. The monoisotopic (exact) mass is 234 g/mol. The van der Waals surface area contributed by atoms with Crippen LogP contribution < -0.4 is 11.3 Å². The van der Waals surface area contributed by atoms with Gasteiger partial charge < -0.3 is 10.3 Å². The van der Waals surface area contributed by atoms with Crippen molar-refractivity contribution in [1.82, 2.24) is 4.57 Å². The van der Waals surface area contributed by atoms with Crippen molar-refractivity contribution in [1.29, 1.82) is 0 Å². The topological polar surface area (TPSA) is 48.0 Å². The molecule has 6 heteroatoms. The molecule has 1 aromatic heterocycles. The van der Waals surface area contributed by atoms with E-state index < -0.39 is 17.4 Å². The molecule has 2 N–H and O–H groups in total. The fourth-order valence-electron chi connectivity index (χ4n) is 1.41. The average Bonchev–Trinajstić information content (AvgIpc) is 2.19. The zero-order valence-electron chi connectivity index (χ0n) is 8.63. The molecular weight excluding hydrogens is 221 g/mol. The molecule has 16 heavy (non-hydrogen) atoms. The summed E-state index contributed by atoms with van der Waals surface area (Å²) in [5.74, 6) is 0. The van der Waals surface area contributed by atoms with Crippen LogP contribution in [-0.2, 0) is 12.7 Å². The normalized spacial score (nSPS) is 11.8. The van der Waals surface area contributed by atoms with Gasteiger partial charge in [0.25, 0.3) is 5.56 Å². The summed E-state index contributed by atoms with van der Waals surface area (Å²) in [4.78, 5) is 11.3. The Labute approximate surface area is 90.7 Å². The molecule has 0 aliphatic rings. The lowest BCUT2D eigenvalue weighted by Gasteiger charge is -2.14. The van der Waals surface area contributed by atoms with Crippen LogP contribution in [0, 0.1) is 0 Å². The highest BCUT2D eigenvalue weighted by Gasteiger charge is 2.33. The van der Waals surface area contributed by atoms with Gasteiger partial charge in [-0.25, -0.2) is 0 Å². The molecule has 0 spiro atoms. The Balaban J connectivity index is 3.00. The first-order valence-corrected chi connectivity index (χ1v) is 4.94. The van der Waals surface area contributed by atoms with Crippen LogP contribution in [0.5, 0.6) is 0 Å². The van der Waals surface area contributed by atoms with E-state index in [0.717, 1.165) is 22.8 Å². The second-order valence-corrected chi connectivity index (χ2v) is 3.39. The van der Waals surface area contributed by atoms with Gasteiger partial charge in [0.05, 0.1) is 0 Å². The number of halogens is 3. The largest absolute Gasteiger partial charge is 0.431 e. The van der Waals surface area contributed by atoms with Crippen LogP contribution in [0.4, 0.5) is 13.2 Å². The maximum Gasteiger partial charge on any atom is 0.431 e. The van der Waals surface area contributed by atoms with Crippen molar-refractivity contribution >= 4 is 0 Å². The van der Waals surface area contributed by atoms with Crippen molar-refractivity contribution < 1.29 is 13.2 Å². The van der Waals surface area contributed by atoms with Gasteiger partial charge in [-0.1, -0.05) is 6.07 Å². The number of nitrogens with zero attached hydrogens (tertiary/aromatic N) is 1. The first-order chi connectivity index (χ1) is 7.46. The van der Waals surface area contributed by atoms with E-state index in [1.54, 1.807) is 0 Å². The number of alkyl halides is 3. The molecule has 0 aliphatic heterocycles. The Hall–Kier alpha value is -1.30. The minimum atomic E-state index is -4.50. The summed E-state index contributed by atoms with van der Waals surface area (Å²) in [6.45, 7) is 0.453. The summed E-state index contributed by atoms with van der Waals surface area (Å²) < 4.78 is 38.4. The molecule has 0 amide bonds. The van der Waals surface area contributed by atoms with Crippen LogP contribution in [-0.4, -0.2) is 11.1 Å². The molecule has 0 bridgehead atoms. The summed E-state index contributed by atoms with van der Waals surface area (Å²) in [7, 11) is 0.